The maximum atomic E-state index is 12.6. The number of aromatic nitrogens is 2. The van der Waals surface area contributed by atoms with Crippen molar-refractivity contribution in [3.05, 3.63) is 48.0 Å². The summed E-state index contributed by atoms with van der Waals surface area (Å²) in [5.74, 6) is 1.03. The van der Waals surface area contributed by atoms with Crippen LogP contribution in [0.1, 0.15) is 30.0 Å². The lowest BCUT2D eigenvalue weighted by atomic mass is 10.1. The van der Waals surface area contributed by atoms with E-state index in [0.717, 1.165) is 11.5 Å². The van der Waals surface area contributed by atoms with Crippen LogP contribution < -0.4 is 5.32 Å². The van der Waals surface area contributed by atoms with Crippen LogP contribution in [-0.4, -0.2) is 45.7 Å². The molecule has 128 valence electrons. The molecule has 1 aromatic carbocycles. The monoisotopic (exact) mass is 328 g/mol. The zero-order chi connectivity index (χ0) is 17.1. The highest BCUT2D eigenvalue weighted by molar-refractivity contribution is 5.94. The van der Waals surface area contributed by atoms with Crippen molar-refractivity contribution in [3.63, 3.8) is 0 Å². The summed E-state index contributed by atoms with van der Waals surface area (Å²) in [5, 5.41) is 3.32. The van der Waals surface area contributed by atoms with Gasteiger partial charge in [-0.25, -0.2) is 4.98 Å². The van der Waals surface area contributed by atoms with E-state index in [-0.39, 0.29) is 18.1 Å². The molecule has 0 aliphatic carbocycles. The van der Waals surface area contributed by atoms with Gasteiger partial charge in [-0.15, -0.1) is 0 Å². The molecule has 0 radical (unpaired) electrons. The second kappa shape index (κ2) is 7.05. The van der Waals surface area contributed by atoms with Gasteiger partial charge in [0.2, 0.25) is 0 Å². The van der Waals surface area contributed by atoms with Crippen LogP contribution in [-0.2, 0) is 18.3 Å². The number of morpholine rings is 1. The Balaban J connectivity index is 1.61. The molecule has 24 heavy (non-hydrogen) atoms. The number of nitrogens with zero attached hydrogens (tertiary/aromatic N) is 3. The molecule has 3 rings (SSSR count). The first-order valence-electron chi connectivity index (χ1n) is 8.28. The molecule has 6 heteroatoms. The summed E-state index contributed by atoms with van der Waals surface area (Å²) in [6, 6.07) is 7.61. The summed E-state index contributed by atoms with van der Waals surface area (Å²) in [6.07, 6.45) is 3.86. The van der Waals surface area contributed by atoms with Gasteiger partial charge in [0.1, 0.15) is 5.82 Å². The number of rotatable bonds is 4. The smallest absolute Gasteiger partial charge is 0.254 e. The molecule has 2 atom stereocenters. The van der Waals surface area contributed by atoms with E-state index in [1.807, 2.05) is 60.8 Å². The van der Waals surface area contributed by atoms with Crippen molar-refractivity contribution in [3.8, 4) is 0 Å². The van der Waals surface area contributed by atoms with Gasteiger partial charge in [-0.2, -0.15) is 0 Å². The lowest BCUT2D eigenvalue weighted by Crippen LogP contribution is -2.48. The first-order valence-corrected chi connectivity index (χ1v) is 8.28. The largest absolute Gasteiger partial charge is 0.378 e. The Morgan fingerprint density at radius 2 is 1.92 bits per heavy atom. The summed E-state index contributed by atoms with van der Waals surface area (Å²) < 4.78 is 7.66. The van der Waals surface area contributed by atoms with Gasteiger partial charge in [0.15, 0.2) is 0 Å². The van der Waals surface area contributed by atoms with Gasteiger partial charge < -0.3 is 19.5 Å². The third kappa shape index (κ3) is 3.76. The Hall–Kier alpha value is -2.34. The van der Waals surface area contributed by atoms with Crippen LogP contribution in [0.15, 0.2) is 36.7 Å². The molecular formula is C18H24N4O2. The predicted molar refractivity (Wildman–Crippen MR) is 92.9 cm³/mol. The van der Waals surface area contributed by atoms with E-state index in [4.69, 9.17) is 4.74 Å². The molecule has 1 amide bonds. The maximum absolute atomic E-state index is 12.6. The molecule has 0 spiro atoms. The van der Waals surface area contributed by atoms with Crippen molar-refractivity contribution in [2.45, 2.75) is 32.6 Å². The fourth-order valence-corrected chi connectivity index (χ4v) is 3.00. The summed E-state index contributed by atoms with van der Waals surface area (Å²) >= 11 is 0. The standard InChI is InChI=1S/C18H24N4O2/c1-13-11-22(12-14(2)24-13)18(23)15-4-6-16(7-5-15)20-10-17-19-8-9-21(17)3/h4-9,13-14,20H,10-12H2,1-3H3/t13-,14-/m0/s1. The fraction of sp³-hybridized carbons (Fsp3) is 0.444. The van der Waals surface area contributed by atoms with Gasteiger partial charge in [0.05, 0.1) is 18.8 Å². The number of ether oxygens (including phenoxy) is 1. The Kier molecular flexibility index (Phi) is 4.85. The van der Waals surface area contributed by atoms with Crippen LogP contribution in [0.4, 0.5) is 5.69 Å². The molecule has 6 nitrogen and oxygen atoms in total. The number of carbonyl (C=O) groups is 1. The summed E-state index contributed by atoms with van der Waals surface area (Å²) in [7, 11) is 1.97. The molecule has 1 fully saturated rings. The van der Waals surface area contributed by atoms with Crippen LogP contribution in [0.2, 0.25) is 0 Å². The third-order valence-corrected chi connectivity index (χ3v) is 4.21. The van der Waals surface area contributed by atoms with Crippen molar-refractivity contribution in [2.75, 3.05) is 18.4 Å². The van der Waals surface area contributed by atoms with Crippen LogP contribution in [0.5, 0.6) is 0 Å². The Labute approximate surface area is 142 Å². The van der Waals surface area contributed by atoms with Crippen molar-refractivity contribution < 1.29 is 9.53 Å². The highest BCUT2D eigenvalue weighted by Gasteiger charge is 2.26. The number of hydrogen-bond donors (Lipinski definition) is 1. The number of imidazole rings is 1. The fourth-order valence-electron chi connectivity index (χ4n) is 3.00. The lowest BCUT2D eigenvalue weighted by molar-refractivity contribution is -0.0586. The van der Waals surface area contributed by atoms with E-state index in [2.05, 4.69) is 10.3 Å². The number of nitrogens with one attached hydrogen (secondary N) is 1. The van der Waals surface area contributed by atoms with Crippen molar-refractivity contribution in [1.82, 2.24) is 14.5 Å². The molecule has 0 bridgehead atoms. The number of anilines is 1. The van der Waals surface area contributed by atoms with Gasteiger partial charge in [-0.1, -0.05) is 0 Å². The first-order chi connectivity index (χ1) is 11.5. The van der Waals surface area contributed by atoms with Crippen LogP contribution in [0.25, 0.3) is 0 Å². The van der Waals surface area contributed by atoms with Crippen LogP contribution >= 0.6 is 0 Å². The number of amides is 1. The van der Waals surface area contributed by atoms with Crippen LogP contribution in [0.3, 0.4) is 0 Å². The van der Waals surface area contributed by atoms with E-state index in [1.165, 1.54) is 0 Å². The molecular weight excluding hydrogens is 304 g/mol. The van der Waals surface area contributed by atoms with Gasteiger partial charge in [0, 0.05) is 43.8 Å². The van der Waals surface area contributed by atoms with E-state index in [0.29, 0.717) is 25.2 Å². The topological polar surface area (TPSA) is 59.4 Å². The zero-order valence-electron chi connectivity index (χ0n) is 14.4. The molecule has 1 N–H and O–H groups in total. The zero-order valence-corrected chi connectivity index (χ0v) is 14.4. The minimum atomic E-state index is 0.0626. The van der Waals surface area contributed by atoms with Gasteiger partial charge in [0.25, 0.3) is 5.91 Å². The summed E-state index contributed by atoms with van der Waals surface area (Å²) in [6.45, 7) is 5.93. The van der Waals surface area contributed by atoms with E-state index in [1.54, 1.807) is 6.20 Å². The van der Waals surface area contributed by atoms with Crippen molar-refractivity contribution in [1.29, 1.82) is 0 Å². The number of hydrogen-bond acceptors (Lipinski definition) is 4. The Bertz CT molecular complexity index is 685. The second-order valence-electron chi connectivity index (χ2n) is 6.35. The van der Waals surface area contributed by atoms with Crippen molar-refractivity contribution >= 4 is 11.6 Å². The van der Waals surface area contributed by atoms with Crippen molar-refractivity contribution in [2.24, 2.45) is 7.05 Å². The minimum absolute atomic E-state index is 0.0626. The number of carbonyl (C=O) groups excluding carboxylic acids is 1. The first kappa shape index (κ1) is 16.5. The molecule has 2 heterocycles. The number of aryl methyl sites for hydroxylation is 1. The highest BCUT2D eigenvalue weighted by atomic mass is 16.5. The van der Waals surface area contributed by atoms with Gasteiger partial charge in [-0.05, 0) is 38.1 Å². The third-order valence-electron chi connectivity index (χ3n) is 4.21. The van der Waals surface area contributed by atoms with E-state index in [9.17, 15) is 4.79 Å². The normalized spacial score (nSPS) is 20.9. The molecule has 1 saturated heterocycles. The molecule has 2 aromatic rings. The molecule has 1 aliphatic heterocycles. The predicted octanol–water partition coefficient (Wildman–Crippen LogP) is 2.28. The van der Waals surface area contributed by atoms with E-state index >= 15 is 0 Å². The molecule has 1 aliphatic rings. The quantitative estimate of drug-likeness (QED) is 0.935. The molecule has 0 saturated carbocycles. The summed E-state index contributed by atoms with van der Waals surface area (Å²) in [5.41, 5.74) is 1.68. The SMILES string of the molecule is C[C@H]1CN(C(=O)c2ccc(NCc3nccn3C)cc2)C[C@H](C)O1. The van der Waals surface area contributed by atoms with Gasteiger partial charge >= 0.3 is 0 Å². The van der Waals surface area contributed by atoms with Gasteiger partial charge in [-0.3, -0.25) is 4.79 Å². The molecule has 0 unspecified atom stereocenters. The second-order valence-corrected chi connectivity index (χ2v) is 6.35. The average molecular weight is 328 g/mol. The Morgan fingerprint density at radius 3 is 2.50 bits per heavy atom. The molecule has 1 aromatic heterocycles. The Morgan fingerprint density at radius 1 is 1.25 bits per heavy atom. The average Bonchev–Trinajstić information content (AvgIpc) is 2.97. The lowest BCUT2D eigenvalue weighted by Gasteiger charge is -2.35. The number of benzene rings is 1. The summed E-state index contributed by atoms with van der Waals surface area (Å²) in [4.78, 5) is 18.8. The maximum Gasteiger partial charge on any atom is 0.254 e. The minimum Gasteiger partial charge on any atom is -0.378 e. The van der Waals surface area contributed by atoms with Crippen LogP contribution in [0, 0.1) is 0 Å². The van der Waals surface area contributed by atoms with E-state index < -0.39 is 0 Å². The highest BCUT2D eigenvalue weighted by Crippen LogP contribution is 2.16.